The average Bonchev–Trinajstić information content (AvgIpc) is 3.01. The van der Waals surface area contributed by atoms with E-state index >= 15 is 0 Å². The third-order valence-electron chi connectivity index (χ3n) is 5.87. The van der Waals surface area contributed by atoms with Crippen molar-refractivity contribution in [2.24, 2.45) is 0 Å². The predicted octanol–water partition coefficient (Wildman–Crippen LogP) is 4.37. The maximum Gasteiger partial charge on any atom is 0.295 e. The summed E-state index contributed by atoms with van der Waals surface area (Å²) >= 11 is 0. The molecule has 0 radical (unpaired) electrons. The molecule has 6 nitrogen and oxygen atoms in total. The highest BCUT2D eigenvalue weighted by molar-refractivity contribution is 6.46. The second kappa shape index (κ2) is 9.17. The van der Waals surface area contributed by atoms with Crippen LogP contribution in [-0.4, -0.2) is 49.1 Å². The van der Waals surface area contributed by atoms with Crippen LogP contribution < -0.4 is 4.74 Å². The number of carbonyl (C=O) groups excluding carboxylic acids is 2. The Labute approximate surface area is 189 Å². The first-order valence-electron chi connectivity index (χ1n) is 10.6. The van der Waals surface area contributed by atoms with Gasteiger partial charge in [0.05, 0.1) is 25.3 Å². The van der Waals surface area contributed by atoms with Crippen LogP contribution in [0.15, 0.2) is 48.0 Å². The second-order valence-electron chi connectivity index (χ2n) is 9.04. The van der Waals surface area contributed by atoms with Crippen molar-refractivity contribution in [1.29, 1.82) is 0 Å². The predicted molar refractivity (Wildman–Crippen MR) is 124 cm³/mol. The normalized spacial score (nSPS) is 18.3. The largest absolute Gasteiger partial charge is 0.507 e. The molecular formula is C26H31NO5. The second-order valence-corrected chi connectivity index (χ2v) is 9.04. The molecule has 1 saturated heterocycles. The third-order valence-corrected chi connectivity index (χ3v) is 5.87. The minimum Gasteiger partial charge on any atom is -0.507 e. The van der Waals surface area contributed by atoms with Crippen molar-refractivity contribution in [3.8, 4) is 5.75 Å². The van der Waals surface area contributed by atoms with E-state index in [9.17, 15) is 14.7 Å². The number of hydrogen-bond acceptors (Lipinski definition) is 5. The molecule has 1 aliphatic heterocycles. The zero-order valence-corrected chi connectivity index (χ0v) is 19.6. The first kappa shape index (κ1) is 23.5. The summed E-state index contributed by atoms with van der Waals surface area (Å²) in [6, 6.07) is 12.3. The van der Waals surface area contributed by atoms with Crippen LogP contribution >= 0.6 is 0 Å². The Balaban J connectivity index is 2.21. The fourth-order valence-electron chi connectivity index (χ4n) is 3.92. The summed E-state index contributed by atoms with van der Waals surface area (Å²) in [5.41, 5.74) is 3.08. The number of aryl methyl sites for hydroxylation is 1. The maximum absolute atomic E-state index is 13.1. The van der Waals surface area contributed by atoms with E-state index in [1.54, 1.807) is 38.5 Å². The number of ketones is 1. The van der Waals surface area contributed by atoms with Gasteiger partial charge < -0.3 is 19.5 Å². The third kappa shape index (κ3) is 4.41. The minimum absolute atomic E-state index is 0.0884. The number of methoxy groups -OCH3 is 2. The molecule has 170 valence electrons. The summed E-state index contributed by atoms with van der Waals surface area (Å²) in [4.78, 5) is 27.5. The summed E-state index contributed by atoms with van der Waals surface area (Å²) in [6.45, 7) is 8.65. The summed E-state index contributed by atoms with van der Waals surface area (Å²) in [5, 5.41) is 11.4. The highest BCUT2D eigenvalue weighted by Gasteiger charge is 2.46. The lowest BCUT2D eigenvalue weighted by atomic mass is 9.84. The highest BCUT2D eigenvalue weighted by atomic mass is 16.5. The number of Topliss-reactive ketones (excluding diaryl/α,β-unsaturated/α-hetero) is 1. The van der Waals surface area contributed by atoms with E-state index in [2.05, 4.69) is 20.8 Å². The molecule has 0 aromatic heterocycles. The van der Waals surface area contributed by atoms with E-state index in [1.165, 1.54) is 4.90 Å². The lowest BCUT2D eigenvalue weighted by Crippen LogP contribution is -2.32. The maximum atomic E-state index is 13.1. The number of rotatable bonds is 6. The van der Waals surface area contributed by atoms with E-state index in [4.69, 9.17) is 9.47 Å². The molecule has 1 atom stereocenters. The topological polar surface area (TPSA) is 76.1 Å². The Morgan fingerprint density at radius 1 is 1.06 bits per heavy atom. The lowest BCUT2D eigenvalue weighted by Gasteiger charge is -2.25. The van der Waals surface area contributed by atoms with Crippen LogP contribution in [-0.2, 0) is 19.7 Å². The molecule has 0 aliphatic carbocycles. The molecule has 1 amide bonds. The summed E-state index contributed by atoms with van der Waals surface area (Å²) in [7, 11) is 3.12. The van der Waals surface area contributed by atoms with Gasteiger partial charge >= 0.3 is 0 Å². The average molecular weight is 438 g/mol. The van der Waals surface area contributed by atoms with Gasteiger partial charge in [-0.25, -0.2) is 0 Å². The van der Waals surface area contributed by atoms with Gasteiger partial charge in [-0.1, -0.05) is 45.0 Å². The molecule has 2 aromatic rings. The standard InChI is InChI=1S/C26H31NO5/c1-16-7-10-18(26(2,3)4)15-20(16)23(28)21-22(17-8-11-19(32-6)12-9-17)27(13-14-31-5)25(30)24(21)29/h7-12,15,22,28H,13-14H2,1-6H3/b23-21+. The number of amides is 1. The molecule has 6 heteroatoms. The van der Waals surface area contributed by atoms with Crippen molar-refractivity contribution in [3.63, 3.8) is 0 Å². The van der Waals surface area contributed by atoms with Gasteiger partial charge in [0.2, 0.25) is 0 Å². The van der Waals surface area contributed by atoms with Crippen molar-refractivity contribution in [3.05, 3.63) is 70.3 Å². The van der Waals surface area contributed by atoms with Gasteiger partial charge in [0.1, 0.15) is 11.5 Å². The Bertz CT molecular complexity index is 1050. The van der Waals surface area contributed by atoms with Crippen molar-refractivity contribution in [2.45, 2.75) is 39.2 Å². The fourth-order valence-corrected chi connectivity index (χ4v) is 3.92. The first-order valence-corrected chi connectivity index (χ1v) is 10.6. The fraction of sp³-hybridized carbons (Fsp3) is 0.385. The Morgan fingerprint density at radius 3 is 2.28 bits per heavy atom. The van der Waals surface area contributed by atoms with Crippen LogP contribution in [0.4, 0.5) is 0 Å². The number of carbonyl (C=O) groups is 2. The van der Waals surface area contributed by atoms with E-state index < -0.39 is 17.7 Å². The zero-order valence-electron chi connectivity index (χ0n) is 19.6. The van der Waals surface area contributed by atoms with Gasteiger partial charge in [-0.05, 0) is 47.2 Å². The highest BCUT2D eigenvalue weighted by Crippen LogP contribution is 2.40. The molecular weight excluding hydrogens is 406 g/mol. The van der Waals surface area contributed by atoms with Gasteiger partial charge in [0.15, 0.2) is 0 Å². The SMILES string of the molecule is COCCN1C(=O)C(=O)/C(=C(/O)c2cc(C(C)(C)C)ccc2C)C1c1ccc(OC)cc1. The lowest BCUT2D eigenvalue weighted by molar-refractivity contribution is -0.140. The number of benzene rings is 2. The molecule has 3 rings (SSSR count). The first-order chi connectivity index (χ1) is 15.1. The molecule has 0 spiro atoms. The van der Waals surface area contributed by atoms with E-state index in [-0.39, 0.29) is 29.9 Å². The van der Waals surface area contributed by atoms with Crippen LogP contribution in [0, 0.1) is 6.92 Å². The summed E-state index contributed by atoms with van der Waals surface area (Å²) in [5.74, 6) is -0.835. The van der Waals surface area contributed by atoms with Crippen LogP contribution in [0.3, 0.4) is 0 Å². The van der Waals surface area contributed by atoms with Crippen molar-refractivity contribution in [2.75, 3.05) is 27.4 Å². The smallest absolute Gasteiger partial charge is 0.295 e. The number of nitrogens with zero attached hydrogens (tertiary/aromatic N) is 1. The molecule has 32 heavy (non-hydrogen) atoms. The Kier molecular flexibility index (Phi) is 6.74. The molecule has 2 aromatic carbocycles. The molecule has 1 fully saturated rings. The van der Waals surface area contributed by atoms with Gasteiger partial charge in [-0.3, -0.25) is 9.59 Å². The zero-order chi connectivity index (χ0) is 23.6. The van der Waals surface area contributed by atoms with Crippen LogP contribution in [0.2, 0.25) is 0 Å². The molecule has 0 bridgehead atoms. The van der Waals surface area contributed by atoms with Gasteiger partial charge in [0.25, 0.3) is 11.7 Å². The van der Waals surface area contributed by atoms with Crippen molar-refractivity contribution >= 4 is 17.4 Å². The molecule has 1 aliphatic rings. The molecule has 0 saturated carbocycles. The molecule has 1 N–H and O–H groups in total. The van der Waals surface area contributed by atoms with Crippen LogP contribution in [0.5, 0.6) is 5.75 Å². The van der Waals surface area contributed by atoms with Gasteiger partial charge in [-0.2, -0.15) is 0 Å². The van der Waals surface area contributed by atoms with Crippen LogP contribution in [0.1, 0.15) is 49.1 Å². The summed E-state index contributed by atoms with van der Waals surface area (Å²) in [6.07, 6.45) is 0. The van der Waals surface area contributed by atoms with E-state index in [1.807, 2.05) is 25.1 Å². The number of aliphatic hydroxyl groups is 1. The Hall–Kier alpha value is -3.12. The van der Waals surface area contributed by atoms with Crippen molar-refractivity contribution < 1.29 is 24.2 Å². The monoisotopic (exact) mass is 437 g/mol. The Morgan fingerprint density at radius 2 is 1.72 bits per heavy atom. The van der Waals surface area contributed by atoms with E-state index in [0.717, 1.165) is 11.1 Å². The molecule has 1 heterocycles. The summed E-state index contributed by atoms with van der Waals surface area (Å²) < 4.78 is 10.4. The van der Waals surface area contributed by atoms with Crippen molar-refractivity contribution in [1.82, 2.24) is 4.90 Å². The number of aliphatic hydroxyl groups excluding tert-OH is 1. The number of ether oxygens (including phenoxy) is 2. The van der Waals surface area contributed by atoms with Crippen LogP contribution in [0.25, 0.3) is 5.76 Å². The number of hydrogen-bond donors (Lipinski definition) is 1. The molecule has 1 unspecified atom stereocenters. The van der Waals surface area contributed by atoms with Gasteiger partial charge in [-0.15, -0.1) is 0 Å². The van der Waals surface area contributed by atoms with E-state index in [0.29, 0.717) is 16.9 Å². The quantitative estimate of drug-likeness (QED) is 0.413. The van der Waals surface area contributed by atoms with Gasteiger partial charge in [0, 0.05) is 19.2 Å². The minimum atomic E-state index is -0.714. The number of likely N-dealkylation sites (tertiary alicyclic amines) is 1.